The second-order valence-electron chi connectivity index (χ2n) is 3.46. The summed E-state index contributed by atoms with van der Waals surface area (Å²) < 4.78 is 18.1. The van der Waals surface area contributed by atoms with E-state index in [0.29, 0.717) is 30.4 Å². The maximum absolute atomic E-state index is 13.3. The third-order valence-corrected chi connectivity index (χ3v) is 2.14. The number of methoxy groups -OCH3 is 1. The van der Waals surface area contributed by atoms with Crippen molar-refractivity contribution in [2.24, 2.45) is 10.8 Å². The predicted octanol–water partition coefficient (Wildman–Crippen LogP) is 1.01. The minimum absolute atomic E-state index is 0.275. The van der Waals surface area contributed by atoms with E-state index in [4.69, 9.17) is 10.6 Å². The van der Waals surface area contributed by atoms with Crippen LogP contribution in [0.25, 0.3) is 0 Å². The molecule has 94 valence electrons. The van der Waals surface area contributed by atoms with E-state index in [0.717, 1.165) is 0 Å². The number of guanidine groups is 1. The summed E-state index contributed by atoms with van der Waals surface area (Å²) in [6.07, 6.45) is 0. The van der Waals surface area contributed by atoms with Crippen LogP contribution in [0.1, 0.15) is 5.56 Å². The molecule has 0 amide bonds. The van der Waals surface area contributed by atoms with Crippen molar-refractivity contribution in [3.05, 3.63) is 29.6 Å². The number of hydrogen-bond acceptors (Lipinski definition) is 3. The molecule has 6 heteroatoms. The fourth-order valence-corrected chi connectivity index (χ4v) is 1.18. The third kappa shape index (κ3) is 4.38. The molecule has 0 bridgehead atoms. The maximum atomic E-state index is 13.3. The molecule has 0 heterocycles. The van der Waals surface area contributed by atoms with Gasteiger partial charge < -0.3 is 10.1 Å². The number of hydrazine groups is 1. The number of ether oxygens (including phenoxy) is 1. The largest absolute Gasteiger partial charge is 0.383 e. The van der Waals surface area contributed by atoms with Crippen molar-refractivity contribution < 1.29 is 9.13 Å². The molecule has 0 aromatic heterocycles. The molecule has 5 nitrogen and oxygen atoms in total. The van der Waals surface area contributed by atoms with Crippen LogP contribution in [0.3, 0.4) is 0 Å². The molecule has 0 saturated carbocycles. The second-order valence-corrected chi connectivity index (χ2v) is 3.46. The lowest BCUT2D eigenvalue weighted by molar-refractivity contribution is 0.208. The van der Waals surface area contributed by atoms with Gasteiger partial charge in [-0.15, -0.1) is 0 Å². The Labute approximate surface area is 99.8 Å². The van der Waals surface area contributed by atoms with Gasteiger partial charge in [-0.3, -0.25) is 5.43 Å². The minimum Gasteiger partial charge on any atom is -0.383 e. The SMILES string of the molecule is COCCN=C(NN)Nc1ccc(C)c(F)c1. The normalized spacial score (nSPS) is 11.4. The highest BCUT2D eigenvalue weighted by atomic mass is 19.1. The predicted molar refractivity (Wildman–Crippen MR) is 66.3 cm³/mol. The molecule has 0 atom stereocenters. The summed E-state index contributed by atoms with van der Waals surface area (Å²) in [5.41, 5.74) is 3.58. The van der Waals surface area contributed by atoms with Crippen molar-refractivity contribution in [1.82, 2.24) is 5.43 Å². The van der Waals surface area contributed by atoms with Crippen molar-refractivity contribution in [2.75, 3.05) is 25.6 Å². The van der Waals surface area contributed by atoms with E-state index in [1.807, 2.05) is 0 Å². The topological polar surface area (TPSA) is 71.7 Å². The van der Waals surface area contributed by atoms with E-state index in [1.54, 1.807) is 26.2 Å². The van der Waals surface area contributed by atoms with Crippen LogP contribution in [0.5, 0.6) is 0 Å². The zero-order valence-electron chi connectivity index (χ0n) is 9.96. The highest BCUT2D eigenvalue weighted by molar-refractivity contribution is 5.93. The van der Waals surface area contributed by atoms with Gasteiger partial charge in [0, 0.05) is 12.8 Å². The van der Waals surface area contributed by atoms with E-state index in [-0.39, 0.29) is 5.82 Å². The van der Waals surface area contributed by atoms with Crippen molar-refractivity contribution in [3.63, 3.8) is 0 Å². The van der Waals surface area contributed by atoms with Gasteiger partial charge in [0.15, 0.2) is 0 Å². The van der Waals surface area contributed by atoms with Crippen LogP contribution >= 0.6 is 0 Å². The van der Waals surface area contributed by atoms with Crippen LogP contribution in [0.2, 0.25) is 0 Å². The highest BCUT2D eigenvalue weighted by Crippen LogP contribution is 2.13. The molecule has 0 aliphatic rings. The van der Waals surface area contributed by atoms with Crippen molar-refractivity contribution in [1.29, 1.82) is 0 Å². The van der Waals surface area contributed by atoms with Gasteiger partial charge in [0.1, 0.15) is 5.82 Å². The number of benzene rings is 1. The van der Waals surface area contributed by atoms with Crippen LogP contribution in [-0.4, -0.2) is 26.2 Å². The molecule has 1 rings (SSSR count). The molecule has 17 heavy (non-hydrogen) atoms. The number of nitrogens with zero attached hydrogens (tertiary/aromatic N) is 1. The van der Waals surface area contributed by atoms with Gasteiger partial charge >= 0.3 is 0 Å². The lowest BCUT2D eigenvalue weighted by Gasteiger charge is -2.09. The number of nitrogens with two attached hydrogens (primary N) is 1. The van der Waals surface area contributed by atoms with E-state index in [1.165, 1.54) is 6.07 Å². The first kappa shape index (κ1) is 13.4. The number of anilines is 1. The van der Waals surface area contributed by atoms with Gasteiger partial charge in [-0.05, 0) is 24.6 Å². The van der Waals surface area contributed by atoms with E-state index < -0.39 is 0 Å². The lowest BCUT2D eigenvalue weighted by Crippen LogP contribution is -2.36. The summed E-state index contributed by atoms with van der Waals surface area (Å²) in [6.45, 7) is 2.67. The van der Waals surface area contributed by atoms with Gasteiger partial charge in [-0.1, -0.05) is 6.07 Å². The molecule has 0 unspecified atom stereocenters. The molecular formula is C11H17FN4O. The maximum Gasteiger partial charge on any atom is 0.210 e. The van der Waals surface area contributed by atoms with E-state index in [2.05, 4.69) is 15.7 Å². The number of nitrogens with one attached hydrogen (secondary N) is 2. The van der Waals surface area contributed by atoms with Gasteiger partial charge in [-0.2, -0.15) is 0 Å². The number of rotatable bonds is 4. The Bertz CT molecular complexity index is 395. The number of aliphatic imine (C=N–C) groups is 1. The molecule has 1 aromatic carbocycles. The lowest BCUT2D eigenvalue weighted by atomic mass is 10.2. The van der Waals surface area contributed by atoms with E-state index >= 15 is 0 Å². The average molecular weight is 240 g/mol. The molecular weight excluding hydrogens is 223 g/mol. The molecule has 0 spiro atoms. The first-order chi connectivity index (χ1) is 8.17. The first-order valence-electron chi connectivity index (χ1n) is 5.20. The van der Waals surface area contributed by atoms with Crippen LogP contribution in [-0.2, 0) is 4.74 Å². The molecule has 0 aliphatic heterocycles. The zero-order valence-corrected chi connectivity index (χ0v) is 9.96. The zero-order chi connectivity index (χ0) is 12.7. The summed E-state index contributed by atoms with van der Waals surface area (Å²) in [4.78, 5) is 4.10. The van der Waals surface area contributed by atoms with Crippen molar-refractivity contribution in [2.45, 2.75) is 6.92 Å². The standard InChI is InChI=1S/C11H17FN4O/c1-8-3-4-9(7-10(8)12)15-11(16-13)14-5-6-17-2/h3-4,7H,5-6,13H2,1-2H3,(H2,14,15,16). The average Bonchev–Trinajstić information content (AvgIpc) is 2.32. The number of aryl methyl sites for hydroxylation is 1. The highest BCUT2D eigenvalue weighted by Gasteiger charge is 2.01. The van der Waals surface area contributed by atoms with Gasteiger partial charge in [-0.25, -0.2) is 15.2 Å². The molecule has 0 aliphatic carbocycles. The van der Waals surface area contributed by atoms with E-state index in [9.17, 15) is 4.39 Å². The molecule has 0 saturated heterocycles. The Hall–Kier alpha value is -1.66. The first-order valence-corrected chi connectivity index (χ1v) is 5.20. The summed E-state index contributed by atoms with van der Waals surface area (Å²) in [5, 5.41) is 2.87. The van der Waals surface area contributed by atoms with Crippen molar-refractivity contribution in [3.8, 4) is 0 Å². The Morgan fingerprint density at radius 2 is 2.29 bits per heavy atom. The minimum atomic E-state index is -0.275. The van der Waals surface area contributed by atoms with Gasteiger partial charge in [0.05, 0.1) is 13.2 Å². The number of halogens is 1. The fraction of sp³-hybridized carbons (Fsp3) is 0.364. The fourth-order valence-electron chi connectivity index (χ4n) is 1.18. The summed E-state index contributed by atoms with van der Waals surface area (Å²) in [5.74, 6) is 5.38. The van der Waals surface area contributed by atoms with Crippen LogP contribution < -0.4 is 16.6 Å². The second kappa shape index (κ2) is 6.82. The Kier molecular flexibility index (Phi) is 5.38. The van der Waals surface area contributed by atoms with Crippen molar-refractivity contribution >= 4 is 11.6 Å². The third-order valence-electron chi connectivity index (χ3n) is 2.14. The Morgan fingerprint density at radius 1 is 1.53 bits per heavy atom. The Balaban J connectivity index is 2.67. The molecule has 4 N–H and O–H groups in total. The molecule has 0 radical (unpaired) electrons. The van der Waals surface area contributed by atoms with Crippen LogP contribution in [0, 0.1) is 12.7 Å². The summed E-state index contributed by atoms with van der Waals surface area (Å²) in [7, 11) is 1.59. The number of hydrogen-bond donors (Lipinski definition) is 3. The molecule has 0 fully saturated rings. The van der Waals surface area contributed by atoms with Gasteiger partial charge in [0.25, 0.3) is 0 Å². The monoisotopic (exact) mass is 240 g/mol. The Morgan fingerprint density at radius 3 is 2.88 bits per heavy atom. The summed E-state index contributed by atoms with van der Waals surface area (Å²) in [6, 6.07) is 4.82. The van der Waals surface area contributed by atoms with Gasteiger partial charge in [0.2, 0.25) is 5.96 Å². The van der Waals surface area contributed by atoms with Crippen LogP contribution in [0.15, 0.2) is 23.2 Å². The molecule has 1 aromatic rings. The van der Waals surface area contributed by atoms with Crippen LogP contribution in [0.4, 0.5) is 10.1 Å². The quantitative estimate of drug-likeness (QED) is 0.241. The smallest absolute Gasteiger partial charge is 0.210 e. The summed E-state index contributed by atoms with van der Waals surface area (Å²) >= 11 is 0.